The molecule has 1 aliphatic rings. The largest absolute Gasteiger partial charge is 0.465 e. The first-order valence-corrected chi connectivity index (χ1v) is 5.94. The molecular weight excluding hydrogens is 230 g/mol. The van der Waals surface area contributed by atoms with Crippen LogP contribution in [0.4, 0.5) is 5.69 Å². The quantitative estimate of drug-likeness (QED) is 0.835. The van der Waals surface area contributed by atoms with Gasteiger partial charge in [0.25, 0.3) is 0 Å². The lowest BCUT2D eigenvalue weighted by atomic mass is 10.1. The zero-order valence-electron chi connectivity index (χ0n) is 10.8. The first-order valence-electron chi connectivity index (χ1n) is 5.94. The number of methoxy groups -OCH3 is 1. The van der Waals surface area contributed by atoms with E-state index in [1.165, 1.54) is 7.11 Å². The number of rotatable bonds is 3. The fourth-order valence-electron chi connectivity index (χ4n) is 2.01. The summed E-state index contributed by atoms with van der Waals surface area (Å²) in [7, 11) is 1.32. The van der Waals surface area contributed by atoms with E-state index in [0.29, 0.717) is 11.3 Å². The second-order valence-electron chi connectivity index (χ2n) is 5.27. The molecule has 4 nitrogen and oxygen atoms in total. The van der Waals surface area contributed by atoms with E-state index in [0.717, 1.165) is 6.42 Å². The molecule has 1 N–H and O–H groups in total. The number of hydrogen-bond donors (Lipinski definition) is 1. The van der Waals surface area contributed by atoms with Gasteiger partial charge in [0.1, 0.15) is 0 Å². The maximum absolute atomic E-state index is 12.0. The van der Waals surface area contributed by atoms with Gasteiger partial charge in [-0.25, -0.2) is 4.79 Å². The molecule has 1 aromatic carbocycles. The zero-order valence-corrected chi connectivity index (χ0v) is 10.8. The van der Waals surface area contributed by atoms with Crippen molar-refractivity contribution in [3.63, 3.8) is 0 Å². The lowest BCUT2D eigenvalue weighted by molar-refractivity contribution is -0.118. The van der Waals surface area contributed by atoms with E-state index in [4.69, 9.17) is 0 Å². The highest BCUT2D eigenvalue weighted by atomic mass is 16.5. The average Bonchev–Trinajstić information content (AvgIpc) is 2.98. The number of carbonyl (C=O) groups is 2. The van der Waals surface area contributed by atoms with Crippen LogP contribution in [-0.4, -0.2) is 19.0 Å². The van der Waals surface area contributed by atoms with Crippen molar-refractivity contribution in [2.24, 2.45) is 11.3 Å². The van der Waals surface area contributed by atoms with Crippen molar-refractivity contribution >= 4 is 17.6 Å². The van der Waals surface area contributed by atoms with E-state index < -0.39 is 5.97 Å². The molecule has 96 valence electrons. The van der Waals surface area contributed by atoms with E-state index in [1.807, 2.05) is 0 Å². The van der Waals surface area contributed by atoms with Crippen molar-refractivity contribution < 1.29 is 14.3 Å². The standard InChI is InChI=1S/C14H17NO3/c1-14(2)8-10(14)12(16)15-11-7-5-4-6-9(11)13(17)18-3/h4-7,10H,8H2,1-3H3,(H,15,16). The lowest BCUT2D eigenvalue weighted by Crippen LogP contribution is -2.18. The molecule has 4 heteroatoms. The molecule has 1 aromatic rings. The molecule has 1 saturated carbocycles. The topological polar surface area (TPSA) is 55.4 Å². The van der Waals surface area contributed by atoms with Gasteiger partial charge in [-0.1, -0.05) is 26.0 Å². The Labute approximate surface area is 106 Å². The molecule has 1 unspecified atom stereocenters. The molecule has 1 amide bonds. The van der Waals surface area contributed by atoms with E-state index in [2.05, 4.69) is 23.9 Å². The van der Waals surface area contributed by atoms with E-state index in [1.54, 1.807) is 24.3 Å². The summed E-state index contributed by atoms with van der Waals surface area (Å²) in [5, 5.41) is 2.80. The molecule has 0 aliphatic heterocycles. The molecule has 0 spiro atoms. The number of hydrogen-bond acceptors (Lipinski definition) is 3. The molecule has 1 atom stereocenters. The summed E-state index contributed by atoms with van der Waals surface area (Å²) in [6.45, 7) is 4.12. The summed E-state index contributed by atoms with van der Waals surface area (Å²) in [4.78, 5) is 23.5. The number of nitrogens with one attached hydrogen (secondary N) is 1. The monoisotopic (exact) mass is 247 g/mol. The molecule has 0 saturated heterocycles. The van der Waals surface area contributed by atoms with Crippen LogP contribution in [0.25, 0.3) is 0 Å². The first-order chi connectivity index (χ1) is 8.45. The Kier molecular flexibility index (Phi) is 3.11. The lowest BCUT2D eigenvalue weighted by Gasteiger charge is -2.10. The Morgan fingerprint density at radius 3 is 2.50 bits per heavy atom. The molecular formula is C14H17NO3. The van der Waals surface area contributed by atoms with Crippen LogP contribution in [0.15, 0.2) is 24.3 Å². The van der Waals surface area contributed by atoms with Gasteiger partial charge in [0.15, 0.2) is 0 Å². The van der Waals surface area contributed by atoms with Crippen LogP contribution in [0.5, 0.6) is 0 Å². The third kappa shape index (κ3) is 2.37. The Bertz CT molecular complexity index is 494. The summed E-state index contributed by atoms with van der Waals surface area (Å²) in [6, 6.07) is 6.86. The second kappa shape index (κ2) is 4.44. The van der Waals surface area contributed by atoms with Crippen LogP contribution >= 0.6 is 0 Å². The van der Waals surface area contributed by atoms with Gasteiger partial charge in [-0.05, 0) is 24.0 Å². The maximum Gasteiger partial charge on any atom is 0.339 e. The number of anilines is 1. The van der Waals surface area contributed by atoms with Gasteiger partial charge in [0.2, 0.25) is 5.91 Å². The van der Waals surface area contributed by atoms with E-state index in [-0.39, 0.29) is 17.2 Å². The van der Waals surface area contributed by atoms with E-state index >= 15 is 0 Å². The normalized spacial score (nSPS) is 20.1. The summed E-state index contributed by atoms with van der Waals surface area (Å²) in [5.74, 6) is -0.444. The highest BCUT2D eigenvalue weighted by molar-refractivity contribution is 6.02. The molecule has 0 aromatic heterocycles. The van der Waals surface area contributed by atoms with Gasteiger partial charge in [0, 0.05) is 5.92 Å². The van der Waals surface area contributed by atoms with Crippen molar-refractivity contribution in [3.8, 4) is 0 Å². The smallest absolute Gasteiger partial charge is 0.339 e. The molecule has 0 radical (unpaired) electrons. The van der Waals surface area contributed by atoms with Crippen molar-refractivity contribution in [2.45, 2.75) is 20.3 Å². The van der Waals surface area contributed by atoms with Gasteiger partial charge in [0.05, 0.1) is 18.4 Å². The van der Waals surface area contributed by atoms with Gasteiger partial charge in [-0.3, -0.25) is 4.79 Å². The number of carbonyl (C=O) groups excluding carboxylic acids is 2. The van der Waals surface area contributed by atoms with Crippen LogP contribution in [0, 0.1) is 11.3 Å². The molecule has 1 aliphatic carbocycles. The third-order valence-corrected chi connectivity index (χ3v) is 3.42. The van der Waals surface area contributed by atoms with Gasteiger partial charge in [-0.15, -0.1) is 0 Å². The fourth-order valence-corrected chi connectivity index (χ4v) is 2.01. The Balaban J connectivity index is 2.15. The predicted octanol–water partition coefficient (Wildman–Crippen LogP) is 2.46. The number of esters is 1. The predicted molar refractivity (Wildman–Crippen MR) is 68.3 cm³/mol. The van der Waals surface area contributed by atoms with Crippen LogP contribution in [0.1, 0.15) is 30.6 Å². The molecule has 1 fully saturated rings. The molecule has 0 bridgehead atoms. The summed E-state index contributed by atoms with van der Waals surface area (Å²) < 4.78 is 4.69. The minimum absolute atomic E-state index is 0.0307. The Morgan fingerprint density at radius 2 is 1.94 bits per heavy atom. The third-order valence-electron chi connectivity index (χ3n) is 3.42. The minimum Gasteiger partial charge on any atom is -0.465 e. The Hall–Kier alpha value is -1.84. The molecule has 2 rings (SSSR count). The summed E-state index contributed by atoms with van der Waals surface area (Å²) in [6.07, 6.45) is 0.888. The molecule has 18 heavy (non-hydrogen) atoms. The van der Waals surface area contributed by atoms with E-state index in [9.17, 15) is 9.59 Å². The SMILES string of the molecule is COC(=O)c1ccccc1NC(=O)C1CC1(C)C. The minimum atomic E-state index is -0.444. The Morgan fingerprint density at radius 1 is 1.33 bits per heavy atom. The molecule has 0 heterocycles. The van der Waals surface area contributed by atoms with Gasteiger partial charge < -0.3 is 10.1 Å². The number of amides is 1. The van der Waals surface area contributed by atoms with Gasteiger partial charge >= 0.3 is 5.97 Å². The van der Waals surface area contributed by atoms with Gasteiger partial charge in [-0.2, -0.15) is 0 Å². The zero-order chi connectivity index (χ0) is 13.3. The number of benzene rings is 1. The van der Waals surface area contributed by atoms with Crippen LogP contribution in [0.3, 0.4) is 0 Å². The highest BCUT2D eigenvalue weighted by Gasteiger charge is 2.50. The van der Waals surface area contributed by atoms with Crippen molar-refractivity contribution in [1.29, 1.82) is 0 Å². The van der Waals surface area contributed by atoms with Crippen molar-refractivity contribution in [2.75, 3.05) is 12.4 Å². The maximum atomic E-state index is 12.0. The van der Waals surface area contributed by atoms with Crippen LogP contribution in [-0.2, 0) is 9.53 Å². The fraction of sp³-hybridized carbons (Fsp3) is 0.429. The van der Waals surface area contributed by atoms with Crippen LogP contribution < -0.4 is 5.32 Å². The summed E-state index contributed by atoms with van der Waals surface area (Å²) >= 11 is 0. The number of para-hydroxylation sites is 1. The van der Waals surface area contributed by atoms with Crippen LogP contribution in [0.2, 0.25) is 0 Å². The number of ether oxygens (including phenoxy) is 1. The van der Waals surface area contributed by atoms with Crippen molar-refractivity contribution in [1.82, 2.24) is 0 Å². The first kappa shape index (κ1) is 12.6. The highest BCUT2D eigenvalue weighted by Crippen LogP contribution is 2.52. The average molecular weight is 247 g/mol. The van der Waals surface area contributed by atoms with Crippen molar-refractivity contribution in [3.05, 3.63) is 29.8 Å². The summed E-state index contributed by atoms with van der Waals surface area (Å²) in [5.41, 5.74) is 0.966. The second-order valence-corrected chi connectivity index (χ2v) is 5.27.